The molecule has 0 aliphatic carbocycles. The Labute approximate surface area is 163 Å². The van der Waals surface area contributed by atoms with Crippen LogP contribution >= 0.6 is 0 Å². The van der Waals surface area contributed by atoms with Gasteiger partial charge in [0.2, 0.25) is 5.95 Å². The van der Waals surface area contributed by atoms with Crippen molar-refractivity contribution in [1.29, 1.82) is 0 Å². The van der Waals surface area contributed by atoms with Crippen molar-refractivity contribution in [3.05, 3.63) is 50.9 Å². The lowest BCUT2D eigenvalue weighted by molar-refractivity contribution is -0.137. The van der Waals surface area contributed by atoms with Gasteiger partial charge >= 0.3 is 11.7 Å². The first-order chi connectivity index (χ1) is 13.9. The Bertz CT molecular complexity index is 1210. The van der Waals surface area contributed by atoms with Gasteiger partial charge in [-0.3, -0.25) is 23.7 Å². The van der Waals surface area contributed by atoms with Crippen LogP contribution in [0.4, 0.5) is 16.0 Å². The predicted octanol–water partition coefficient (Wildman–Crippen LogP) is -0.0264. The fourth-order valence-corrected chi connectivity index (χ4v) is 3.61. The van der Waals surface area contributed by atoms with E-state index in [4.69, 9.17) is 0 Å². The van der Waals surface area contributed by atoms with Crippen LogP contribution in [0.1, 0.15) is 0 Å². The van der Waals surface area contributed by atoms with Gasteiger partial charge < -0.3 is 14.9 Å². The number of halogens is 1. The van der Waals surface area contributed by atoms with Crippen LogP contribution in [0.25, 0.3) is 11.2 Å². The third kappa shape index (κ3) is 3.24. The molecule has 0 saturated carbocycles. The van der Waals surface area contributed by atoms with E-state index in [2.05, 4.69) is 9.97 Å². The molecule has 11 heteroatoms. The van der Waals surface area contributed by atoms with Gasteiger partial charge in [0.1, 0.15) is 12.4 Å². The number of rotatable bonds is 4. The van der Waals surface area contributed by atoms with Crippen LogP contribution in [0.2, 0.25) is 0 Å². The van der Waals surface area contributed by atoms with Gasteiger partial charge in [-0.1, -0.05) is 12.1 Å². The van der Waals surface area contributed by atoms with Crippen molar-refractivity contribution in [3.63, 3.8) is 0 Å². The number of aliphatic carboxylic acids is 1. The summed E-state index contributed by atoms with van der Waals surface area (Å²) in [5.74, 6) is -1.15. The van der Waals surface area contributed by atoms with Crippen molar-refractivity contribution in [3.8, 4) is 0 Å². The van der Waals surface area contributed by atoms with Gasteiger partial charge in [-0.2, -0.15) is 4.98 Å². The molecule has 1 saturated heterocycles. The van der Waals surface area contributed by atoms with Crippen LogP contribution in [0.15, 0.2) is 33.9 Å². The van der Waals surface area contributed by atoms with Crippen molar-refractivity contribution in [2.45, 2.75) is 6.54 Å². The number of nitrogens with one attached hydrogen (secondary N) is 1. The maximum atomic E-state index is 14.1. The molecule has 3 heterocycles. The van der Waals surface area contributed by atoms with Gasteiger partial charge in [-0.25, -0.2) is 9.18 Å². The molecule has 0 bridgehead atoms. The highest BCUT2D eigenvalue weighted by molar-refractivity contribution is 5.78. The van der Waals surface area contributed by atoms with Crippen molar-refractivity contribution in [2.75, 3.05) is 36.0 Å². The molecule has 1 aromatic carbocycles. The Hall–Kier alpha value is -3.63. The summed E-state index contributed by atoms with van der Waals surface area (Å²) in [4.78, 5) is 45.9. The normalized spacial score (nSPS) is 14.6. The van der Waals surface area contributed by atoms with Crippen LogP contribution in [0.3, 0.4) is 0 Å². The van der Waals surface area contributed by atoms with E-state index >= 15 is 0 Å². The number of piperazine rings is 1. The molecule has 152 valence electrons. The number of aryl methyl sites for hydroxylation is 1. The topological polar surface area (TPSA) is 116 Å². The van der Waals surface area contributed by atoms with Crippen LogP contribution < -0.4 is 21.0 Å². The summed E-state index contributed by atoms with van der Waals surface area (Å²) in [6, 6.07) is 6.51. The monoisotopic (exact) mass is 402 g/mol. The van der Waals surface area contributed by atoms with Gasteiger partial charge in [0.15, 0.2) is 11.2 Å². The van der Waals surface area contributed by atoms with E-state index in [0.29, 0.717) is 37.8 Å². The number of fused-ring (bicyclic) bond motifs is 1. The number of aromatic amines is 1. The molecule has 10 nitrogen and oxygen atoms in total. The number of H-pyrrole nitrogens is 1. The molecular formula is C18H19FN6O4. The predicted molar refractivity (Wildman–Crippen MR) is 104 cm³/mol. The number of hydrogen-bond donors (Lipinski definition) is 2. The number of benzene rings is 1. The zero-order valence-corrected chi connectivity index (χ0v) is 15.6. The molecule has 4 rings (SSSR count). The van der Waals surface area contributed by atoms with Crippen LogP contribution in [-0.2, 0) is 18.4 Å². The quantitative estimate of drug-likeness (QED) is 0.630. The van der Waals surface area contributed by atoms with Gasteiger partial charge in [0.25, 0.3) is 5.56 Å². The second-order valence-corrected chi connectivity index (χ2v) is 6.81. The number of para-hydroxylation sites is 1. The van der Waals surface area contributed by atoms with Crippen LogP contribution in [0, 0.1) is 5.82 Å². The summed E-state index contributed by atoms with van der Waals surface area (Å²) in [6.07, 6.45) is 0. The summed E-state index contributed by atoms with van der Waals surface area (Å²) in [6.45, 7) is 1.41. The molecule has 29 heavy (non-hydrogen) atoms. The third-order valence-corrected chi connectivity index (χ3v) is 5.04. The minimum atomic E-state index is -1.14. The Morgan fingerprint density at radius 3 is 2.48 bits per heavy atom. The molecule has 2 N–H and O–H groups in total. The highest BCUT2D eigenvalue weighted by Gasteiger charge is 2.26. The van der Waals surface area contributed by atoms with Gasteiger partial charge in [0.05, 0.1) is 5.69 Å². The molecule has 1 fully saturated rings. The van der Waals surface area contributed by atoms with Crippen molar-refractivity contribution >= 4 is 28.8 Å². The number of nitrogens with zero attached hydrogens (tertiary/aromatic N) is 5. The molecule has 0 atom stereocenters. The van der Waals surface area contributed by atoms with E-state index in [9.17, 15) is 23.9 Å². The molecule has 0 amide bonds. The molecule has 0 unspecified atom stereocenters. The lowest BCUT2D eigenvalue weighted by atomic mass is 10.2. The Morgan fingerprint density at radius 2 is 1.83 bits per heavy atom. The van der Waals surface area contributed by atoms with Crippen molar-refractivity contribution < 1.29 is 14.3 Å². The van der Waals surface area contributed by atoms with Gasteiger partial charge in [0, 0.05) is 33.2 Å². The van der Waals surface area contributed by atoms with E-state index in [1.165, 1.54) is 22.2 Å². The Balaban J connectivity index is 1.71. The maximum Gasteiger partial charge on any atom is 0.329 e. The van der Waals surface area contributed by atoms with E-state index in [-0.39, 0.29) is 17.0 Å². The number of hydrogen-bond acceptors (Lipinski definition) is 6. The zero-order chi connectivity index (χ0) is 20.7. The number of anilines is 2. The first kappa shape index (κ1) is 18.7. The highest BCUT2D eigenvalue weighted by atomic mass is 19.1. The van der Waals surface area contributed by atoms with E-state index in [0.717, 1.165) is 0 Å². The van der Waals surface area contributed by atoms with Gasteiger partial charge in [-0.15, -0.1) is 0 Å². The van der Waals surface area contributed by atoms with Gasteiger partial charge in [-0.05, 0) is 12.1 Å². The van der Waals surface area contributed by atoms with Crippen molar-refractivity contribution in [1.82, 2.24) is 19.1 Å². The minimum absolute atomic E-state index is 0.0287. The summed E-state index contributed by atoms with van der Waals surface area (Å²) in [7, 11) is 1.46. The second-order valence-electron chi connectivity index (χ2n) is 6.81. The molecule has 1 aliphatic rings. The second kappa shape index (κ2) is 7.08. The van der Waals surface area contributed by atoms with E-state index < -0.39 is 23.8 Å². The smallest absolute Gasteiger partial charge is 0.329 e. The Morgan fingerprint density at radius 1 is 1.17 bits per heavy atom. The molecular weight excluding hydrogens is 383 g/mol. The summed E-state index contributed by atoms with van der Waals surface area (Å²) >= 11 is 0. The minimum Gasteiger partial charge on any atom is -0.480 e. The SMILES string of the molecule is Cn1c(=O)[nH]c(=O)c2c1nc(N1CCN(c3ccccc3F)CC1)n2CC(=O)O. The molecule has 3 aromatic rings. The van der Waals surface area contributed by atoms with Crippen LogP contribution in [0.5, 0.6) is 0 Å². The van der Waals surface area contributed by atoms with E-state index in [1.54, 1.807) is 18.2 Å². The fraction of sp³-hybridized carbons (Fsp3) is 0.333. The maximum absolute atomic E-state index is 14.1. The molecule has 0 radical (unpaired) electrons. The molecule has 2 aromatic heterocycles. The van der Waals surface area contributed by atoms with E-state index in [1.807, 2.05) is 9.80 Å². The van der Waals surface area contributed by atoms with Crippen LogP contribution in [-0.4, -0.2) is 56.4 Å². The summed E-state index contributed by atoms with van der Waals surface area (Å²) in [5.41, 5.74) is -0.663. The third-order valence-electron chi connectivity index (χ3n) is 5.04. The molecule has 0 spiro atoms. The number of aromatic nitrogens is 4. The standard InChI is InChI=1S/C18H19FN6O4/c1-22-15-14(16(28)21-18(22)29)25(10-13(26)27)17(20-15)24-8-6-23(7-9-24)12-5-3-2-4-11(12)19/h2-5H,6-10H2,1H3,(H,26,27)(H,21,28,29). The lowest BCUT2D eigenvalue weighted by Gasteiger charge is -2.36. The number of carboxylic acids is 1. The molecule has 1 aliphatic heterocycles. The average molecular weight is 402 g/mol. The zero-order valence-electron chi connectivity index (χ0n) is 15.6. The Kier molecular flexibility index (Phi) is 4.57. The number of carboxylic acid groups (broad SMARTS) is 1. The average Bonchev–Trinajstić information content (AvgIpc) is 3.06. The van der Waals surface area contributed by atoms with Crippen molar-refractivity contribution in [2.24, 2.45) is 7.05 Å². The number of carbonyl (C=O) groups is 1. The summed E-state index contributed by atoms with van der Waals surface area (Å²) < 4.78 is 16.5. The largest absolute Gasteiger partial charge is 0.480 e. The first-order valence-electron chi connectivity index (χ1n) is 9.02. The fourth-order valence-electron chi connectivity index (χ4n) is 3.61. The lowest BCUT2D eigenvalue weighted by Crippen LogP contribution is -2.47. The first-order valence-corrected chi connectivity index (χ1v) is 9.02. The number of imidazole rings is 1. The summed E-state index contributed by atoms with van der Waals surface area (Å²) in [5, 5.41) is 9.31. The highest BCUT2D eigenvalue weighted by Crippen LogP contribution is 2.24.